The first-order chi connectivity index (χ1) is 17.5. The molecule has 1 N–H and O–H groups in total. The van der Waals surface area contributed by atoms with Crippen molar-refractivity contribution in [3.8, 4) is 0 Å². The number of tetrazole rings is 1. The molecule has 8 nitrogen and oxygen atoms in total. The molecule has 0 amide bonds. The number of aromatic nitrogens is 5. The maximum atomic E-state index is 13.1. The Bertz CT molecular complexity index is 1360. The van der Waals surface area contributed by atoms with Crippen molar-refractivity contribution in [2.75, 3.05) is 6.61 Å². The minimum Gasteiger partial charge on any atom is -0.376 e. The lowest BCUT2D eigenvalue weighted by Gasteiger charge is -2.33. The van der Waals surface area contributed by atoms with E-state index in [1.54, 1.807) is 0 Å². The zero-order chi connectivity index (χ0) is 25.1. The van der Waals surface area contributed by atoms with E-state index < -0.39 is 0 Å². The van der Waals surface area contributed by atoms with Crippen LogP contribution in [-0.4, -0.2) is 42.8 Å². The van der Waals surface area contributed by atoms with Gasteiger partial charge in [0.2, 0.25) is 0 Å². The number of H-pyrrole nitrogens is 1. The number of nitrogens with one attached hydrogen (secondary N) is 1. The Balaban J connectivity index is 1.53. The van der Waals surface area contributed by atoms with Crippen LogP contribution in [0, 0.1) is 12.8 Å². The van der Waals surface area contributed by atoms with E-state index in [1.165, 1.54) is 5.56 Å². The normalized spacial score (nSPS) is 16.9. The average Bonchev–Trinajstić information content (AvgIpc) is 3.53. The summed E-state index contributed by atoms with van der Waals surface area (Å²) in [6.07, 6.45) is 2.22. The fourth-order valence-electron chi connectivity index (χ4n) is 5.20. The van der Waals surface area contributed by atoms with E-state index in [1.807, 2.05) is 41.1 Å². The first kappa shape index (κ1) is 24.3. The topological polar surface area (TPSA) is 88.9 Å². The molecule has 0 radical (unpaired) electrons. The van der Waals surface area contributed by atoms with Gasteiger partial charge in [-0.05, 0) is 65.3 Å². The number of aryl methyl sites for hydroxylation is 1. The molecule has 5 rings (SSSR count). The van der Waals surface area contributed by atoms with Gasteiger partial charge >= 0.3 is 0 Å². The highest BCUT2D eigenvalue weighted by Crippen LogP contribution is 2.31. The lowest BCUT2D eigenvalue weighted by Crippen LogP contribution is -2.36. The lowest BCUT2D eigenvalue weighted by molar-refractivity contribution is 0.0851. The quantitative estimate of drug-likeness (QED) is 0.377. The number of nitrogens with zero attached hydrogens (tertiary/aromatic N) is 5. The van der Waals surface area contributed by atoms with Gasteiger partial charge in [0.05, 0.1) is 18.7 Å². The van der Waals surface area contributed by atoms with Gasteiger partial charge in [0.15, 0.2) is 5.82 Å². The number of hydrogen-bond acceptors (Lipinski definition) is 6. The first-order valence-electron chi connectivity index (χ1n) is 12.8. The van der Waals surface area contributed by atoms with Gasteiger partial charge in [0.1, 0.15) is 0 Å². The van der Waals surface area contributed by atoms with Gasteiger partial charge < -0.3 is 9.72 Å². The van der Waals surface area contributed by atoms with Crippen LogP contribution in [0.25, 0.3) is 10.9 Å². The van der Waals surface area contributed by atoms with Crippen LogP contribution >= 0.6 is 0 Å². The number of benzene rings is 2. The summed E-state index contributed by atoms with van der Waals surface area (Å²) in [6.45, 7) is 9.00. The molecule has 2 aromatic carbocycles. The number of pyridine rings is 1. The molecule has 0 bridgehead atoms. The third-order valence-corrected chi connectivity index (χ3v) is 6.93. The fraction of sp³-hybridized carbons (Fsp3) is 0.429. The van der Waals surface area contributed by atoms with Gasteiger partial charge in [0.25, 0.3) is 5.56 Å². The number of rotatable bonds is 9. The molecule has 3 heterocycles. The third kappa shape index (κ3) is 5.39. The van der Waals surface area contributed by atoms with E-state index in [0.717, 1.165) is 47.3 Å². The second kappa shape index (κ2) is 10.7. The van der Waals surface area contributed by atoms with Crippen molar-refractivity contribution < 1.29 is 4.74 Å². The first-order valence-corrected chi connectivity index (χ1v) is 12.8. The van der Waals surface area contributed by atoms with Crippen LogP contribution in [0.2, 0.25) is 0 Å². The molecule has 4 aromatic rings. The van der Waals surface area contributed by atoms with Crippen molar-refractivity contribution in [3.05, 3.63) is 87.5 Å². The SMILES string of the molecule is Cc1ccc2[nH]c(=O)c(CN(Cc3ccccc3)[C@H](c3nnnn3C[C@@H]3CCCO3)C(C)C)cc2c1. The standard InChI is InChI=1S/C28H34N6O2/c1-19(2)26(27-30-31-32-34(27)18-24-10-7-13-36-24)33(16-21-8-5-4-6-9-21)17-23-15-22-14-20(3)11-12-25(22)29-28(23)35/h4-6,8-9,11-12,14-15,19,24,26H,7,10,13,16-18H2,1-3H3,(H,29,35)/t24-,26-/m0/s1. The Labute approximate surface area is 211 Å². The summed E-state index contributed by atoms with van der Waals surface area (Å²) in [6, 6.07) is 18.4. The molecule has 36 heavy (non-hydrogen) atoms. The molecule has 1 saturated heterocycles. The third-order valence-electron chi connectivity index (χ3n) is 6.93. The average molecular weight is 487 g/mol. The molecule has 1 aliphatic heterocycles. The van der Waals surface area contributed by atoms with Crippen LogP contribution in [0.5, 0.6) is 0 Å². The van der Waals surface area contributed by atoms with E-state index >= 15 is 0 Å². The summed E-state index contributed by atoms with van der Waals surface area (Å²) in [7, 11) is 0. The zero-order valence-electron chi connectivity index (χ0n) is 21.2. The second-order valence-corrected chi connectivity index (χ2v) is 10.1. The number of aromatic amines is 1. The summed E-state index contributed by atoms with van der Waals surface area (Å²) in [5, 5.41) is 13.9. The number of ether oxygens (including phenoxy) is 1. The van der Waals surface area contributed by atoms with Gasteiger partial charge in [-0.1, -0.05) is 55.8 Å². The van der Waals surface area contributed by atoms with Gasteiger partial charge in [-0.2, -0.15) is 0 Å². The van der Waals surface area contributed by atoms with Crippen LogP contribution < -0.4 is 5.56 Å². The highest BCUT2D eigenvalue weighted by atomic mass is 16.5. The molecule has 0 spiro atoms. The molecule has 0 unspecified atom stereocenters. The van der Waals surface area contributed by atoms with Crippen molar-refractivity contribution in [2.24, 2.45) is 5.92 Å². The molecule has 188 valence electrons. The van der Waals surface area contributed by atoms with E-state index in [9.17, 15) is 4.79 Å². The van der Waals surface area contributed by atoms with Gasteiger partial charge in [-0.15, -0.1) is 5.10 Å². The molecule has 1 fully saturated rings. The molecule has 0 aliphatic carbocycles. The number of hydrogen-bond donors (Lipinski definition) is 1. The molecule has 1 aliphatic rings. The summed E-state index contributed by atoms with van der Waals surface area (Å²) in [4.78, 5) is 18.5. The van der Waals surface area contributed by atoms with Crippen LogP contribution in [0.3, 0.4) is 0 Å². The Morgan fingerprint density at radius 1 is 1.14 bits per heavy atom. The molecule has 0 saturated carbocycles. The minimum absolute atomic E-state index is 0.0640. The molecular weight excluding hydrogens is 452 g/mol. The van der Waals surface area contributed by atoms with E-state index in [2.05, 4.69) is 64.4 Å². The molecule has 2 aromatic heterocycles. The molecule has 2 atom stereocenters. The summed E-state index contributed by atoms with van der Waals surface area (Å²) in [5.74, 6) is 1.02. The fourth-order valence-corrected chi connectivity index (χ4v) is 5.20. The Morgan fingerprint density at radius 2 is 1.97 bits per heavy atom. The van der Waals surface area contributed by atoms with E-state index in [-0.39, 0.29) is 23.6 Å². The van der Waals surface area contributed by atoms with Crippen molar-refractivity contribution in [1.82, 2.24) is 30.1 Å². The van der Waals surface area contributed by atoms with E-state index in [4.69, 9.17) is 4.74 Å². The number of fused-ring (bicyclic) bond motifs is 1. The van der Waals surface area contributed by atoms with Gasteiger partial charge in [-0.3, -0.25) is 9.69 Å². The van der Waals surface area contributed by atoms with Crippen LogP contribution in [0.1, 0.15) is 55.2 Å². The predicted molar refractivity (Wildman–Crippen MR) is 139 cm³/mol. The maximum Gasteiger partial charge on any atom is 0.252 e. The smallest absolute Gasteiger partial charge is 0.252 e. The van der Waals surface area contributed by atoms with Gasteiger partial charge in [0, 0.05) is 30.8 Å². The second-order valence-electron chi connectivity index (χ2n) is 10.1. The summed E-state index contributed by atoms with van der Waals surface area (Å²) < 4.78 is 7.76. The minimum atomic E-state index is -0.0887. The zero-order valence-corrected chi connectivity index (χ0v) is 21.2. The summed E-state index contributed by atoms with van der Waals surface area (Å²) >= 11 is 0. The Morgan fingerprint density at radius 3 is 2.72 bits per heavy atom. The van der Waals surface area contributed by atoms with Crippen LogP contribution in [0.4, 0.5) is 0 Å². The predicted octanol–water partition coefficient (Wildman–Crippen LogP) is 4.40. The van der Waals surface area contributed by atoms with Crippen molar-refractivity contribution in [3.63, 3.8) is 0 Å². The molecular formula is C28H34N6O2. The Hall–Kier alpha value is -3.36. The van der Waals surface area contributed by atoms with Crippen LogP contribution in [0.15, 0.2) is 59.4 Å². The lowest BCUT2D eigenvalue weighted by atomic mass is 9.99. The Kier molecular flexibility index (Phi) is 7.25. The van der Waals surface area contributed by atoms with E-state index in [0.29, 0.717) is 19.6 Å². The maximum absolute atomic E-state index is 13.1. The van der Waals surface area contributed by atoms with Crippen molar-refractivity contribution >= 4 is 10.9 Å². The highest BCUT2D eigenvalue weighted by Gasteiger charge is 2.31. The van der Waals surface area contributed by atoms with Crippen molar-refractivity contribution in [1.29, 1.82) is 0 Å². The molecule has 8 heteroatoms. The van der Waals surface area contributed by atoms with Crippen molar-refractivity contribution in [2.45, 2.75) is 65.4 Å². The van der Waals surface area contributed by atoms with Crippen LogP contribution in [-0.2, 0) is 24.4 Å². The van der Waals surface area contributed by atoms with Gasteiger partial charge in [-0.25, -0.2) is 4.68 Å². The summed E-state index contributed by atoms with van der Waals surface area (Å²) in [5.41, 5.74) is 3.85. The monoisotopic (exact) mass is 486 g/mol. The highest BCUT2D eigenvalue weighted by molar-refractivity contribution is 5.79. The largest absolute Gasteiger partial charge is 0.376 e.